The standard InChI is InChI=1S/C37H46N4O3/c1-28(33-18-12-16-32-15-8-9-17-34(32)33)39-35(42)40(24-11-10-23-38)25-30-19-21-31(22-20-30)27-41(36(43)44-37(2,3)4)26-29-13-6-5-7-14-29/h5-9,12-22,28H,10-11,23-27,38H2,1-4H3,(H,39,42). The van der Waals surface area contributed by atoms with E-state index in [1.807, 2.05) is 105 Å². The first kappa shape index (κ1) is 32.6. The van der Waals surface area contributed by atoms with Gasteiger partial charge in [-0.3, -0.25) is 4.90 Å². The molecular formula is C37H46N4O3. The number of carbonyl (C=O) groups is 2. The van der Waals surface area contributed by atoms with Crippen molar-refractivity contribution >= 4 is 22.9 Å². The number of nitrogens with two attached hydrogens (primary N) is 1. The van der Waals surface area contributed by atoms with Crippen LogP contribution in [0.3, 0.4) is 0 Å². The zero-order valence-corrected chi connectivity index (χ0v) is 26.5. The molecule has 0 aliphatic rings. The maximum Gasteiger partial charge on any atom is 0.410 e. The molecule has 4 rings (SSSR count). The minimum Gasteiger partial charge on any atom is -0.444 e. The van der Waals surface area contributed by atoms with Crippen molar-refractivity contribution in [3.05, 3.63) is 119 Å². The molecule has 232 valence electrons. The Hall–Kier alpha value is -4.36. The molecule has 0 fully saturated rings. The van der Waals surface area contributed by atoms with Crippen LogP contribution in [0.2, 0.25) is 0 Å². The van der Waals surface area contributed by atoms with Crippen LogP contribution in [0, 0.1) is 0 Å². The highest BCUT2D eigenvalue weighted by molar-refractivity contribution is 5.86. The Morgan fingerprint density at radius 1 is 0.750 bits per heavy atom. The number of rotatable bonds is 12. The molecule has 7 nitrogen and oxygen atoms in total. The van der Waals surface area contributed by atoms with Gasteiger partial charge in [0.2, 0.25) is 0 Å². The molecule has 0 aliphatic heterocycles. The summed E-state index contributed by atoms with van der Waals surface area (Å²) in [5, 5.41) is 5.52. The third kappa shape index (κ3) is 9.58. The summed E-state index contributed by atoms with van der Waals surface area (Å²) < 4.78 is 5.71. The molecule has 0 saturated carbocycles. The Labute approximate surface area is 262 Å². The second-order valence-electron chi connectivity index (χ2n) is 12.3. The molecule has 0 saturated heterocycles. The second-order valence-corrected chi connectivity index (χ2v) is 12.3. The van der Waals surface area contributed by atoms with Crippen LogP contribution in [0.25, 0.3) is 10.8 Å². The number of carbonyl (C=O) groups excluding carboxylic acids is 2. The monoisotopic (exact) mass is 594 g/mol. The van der Waals surface area contributed by atoms with Crippen LogP contribution in [0.15, 0.2) is 97.1 Å². The summed E-state index contributed by atoms with van der Waals surface area (Å²) >= 11 is 0. The van der Waals surface area contributed by atoms with E-state index >= 15 is 0 Å². The van der Waals surface area contributed by atoms with Crippen molar-refractivity contribution in [3.63, 3.8) is 0 Å². The van der Waals surface area contributed by atoms with E-state index in [0.717, 1.165) is 45.9 Å². The number of fused-ring (bicyclic) bond motifs is 1. The van der Waals surface area contributed by atoms with Crippen LogP contribution in [0.4, 0.5) is 9.59 Å². The average molecular weight is 595 g/mol. The van der Waals surface area contributed by atoms with Crippen LogP contribution < -0.4 is 11.1 Å². The number of nitrogens with one attached hydrogen (secondary N) is 1. The molecular weight excluding hydrogens is 548 g/mol. The smallest absolute Gasteiger partial charge is 0.410 e. The summed E-state index contributed by atoms with van der Waals surface area (Å²) in [4.78, 5) is 30.2. The third-order valence-corrected chi connectivity index (χ3v) is 7.44. The van der Waals surface area contributed by atoms with Gasteiger partial charge < -0.3 is 20.7 Å². The highest BCUT2D eigenvalue weighted by Crippen LogP contribution is 2.24. The van der Waals surface area contributed by atoms with Crippen LogP contribution >= 0.6 is 0 Å². The van der Waals surface area contributed by atoms with E-state index < -0.39 is 5.60 Å². The molecule has 0 spiro atoms. The average Bonchev–Trinajstić information content (AvgIpc) is 3.00. The summed E-state index contributed by atoms with van der Waals surface area (Å²) in [5.74, 6) is 0. The predicted octanol–water partition coefficient (Wildman–Crippen LogP) is 7.79. The molecule has 0 aromatic heterocycles. The number of amides is 3. The van der Waals surface area contributed by atoms with E-state index in [2.05, 4.69) is 29.6 Å². The highest BCUT2D eigenvalue weighted by Gasteiger charge is 2.23. The molecule has 1 unspecified atom stereocenters. The van der Waals surface area contributed by atoms with E-state index in [-0.39, 0.29) is 18.2 Å². The number of ether oxygens (including phenoxy) is 1. The second kappa shape index (κ2) is 15.4. The molecule has 3 amide bonds. The molecule has 4 aromatic carbocycles. The number of hydrogen-bond donors (Lipinski definition) is 2. The molecule has 4 aromatic rings. The summed E-state index contributed by atoms with van der Waals surface area (Å²) in [6.45, 7) is 10.2. The van der Waals surface area contributed by atoms with Gasteiger partial charge in [-0.15, -0.1) is 0 Å². The summed E-state index contributed by atoms with van der Waals surface area (Å²) in [5.41, 5.74) is 9.29. The van der Waals surface area contributed by atoms with Gasteiger partial charge in [0, 0.05) is 26.2 Å². The number of urea groups is 1. The van der Waals surface area contributed by atoms with Gasteiger partial charge in [-0.1, -0.05) is 97.1 Å². The van der Waals surface area contributed by atoms with Crippen molar-refractivity contribution in [3.8, 4) is 0 Å². The van der Waals surface area contributed by atoms with Gasteiger partial charge in [-0.05, 0) is 80.1 Å². The molecule has 0 heterocycles. The van der Waals surface area contributed by atoms with E-state index in [9.17, 15) is 9.59 Å². The number of unbranched alkanes of at least 4 members (excludes halogenated alkanes) is 1. The molecule has 0 bridgehead atoms. The molecule has 0 radical (unpaired) electrons. The van der Waals surface area contributed by atoms with E-state index in [1.54, 1.807) is 4.90 Å². The van der Waals surface area contributed by atoms with Gasteiger partial charge in [-0.2, -0.15) is 0 Å². The van der Waals surface area contributed by atoms with Crippen LogP contribution in [0.5, 0.6) is 0 Å². The lowest BCUT2D eigenvalue weighted by Gasteiger charge is -2.28. The highest BCUT2D eigenvalue weighted by atomic mass is 16.6. The maximum absolute atomic E-state index is 13.6. The van der Waals surface area contributed by atoms with Gasteiger partial charge >= 0.3 is 12.1 Å². The number of hydrogen-bond acceptors (Lipinski definition) is 4. The maximum atomic E-state index is 13.6. The van der Waals surface area contributed by atoms with Crippen molar-refractivity contribution in [1.82, 2.24) is 15.1 Å². The SMILES string of the molecule is CC(NC(=O)N(CCCCN)Cc1ccc(CN(Cc2ccccc2)C(=O)OC(C)(C)C)cc1)c1cccc2ccccc12. The minimum atomic E-state index is -0.588. The summed E-state index contributed by atoms with van der Waals surface area (Å²) in [6, 6.07) is 32.2. The summed E-state index contributed by atoms with van der Waals surface area (Å²) in [7, 11) is 0. The van der Waals surface area contributed by atoms with E-state index in [0.29, 0.717) is 32.7 Å². The van der Waals surface area contributed by atoms with Crippen molar-refractivity contribution < 1.29 is 14.3 Å². The Bertz CT molecular complexity index is 1490. The third-order valence-electron chi connectivity index (χ3n) is 7.44. The molecule has 0 aliphatic carbocycles. The van der Waals surface area contributed by atoms with E-state index in [4.69, 9.17) is 10.5 Å². The van der Waals surface area contributed by atoms with Crippen LogP contribution in [-0.2, 0) is 24.4 Å². The Morgan fingerprint density at radius 3 is 1.95 bits per heavy atom. The molecule has 1 atom stereocenters. The molecule has 7 heteroatoms. The fourth-order valence-electron chi connectivity index (χ4n) is 5.19. The lowest BCUT2D eigenvalue weighted by atomic mass is 10.00. The first-order chi connectivity index (χ1) is 21.1. The fourth-order valence-corrected chi connectivity index (χ4v) is 5.19. The molecule has 44 heavy (non-hydrogen) atoms. The van der Waals surface area contributed by atoms with Crippen molar-refractivity contribution in [2.45, 2.75) is 71.8 Å². The van der Waals surface area contributed by atoms with Gasteiger partial charge in [-0.25, -0.2) is 9.59 Å². The quantitative estimate of drug-likeness (QED) is 0.164. The summed E-state index contributed by atoms with van der Waals surface area (Å²) in [6.07, 6.45) is 1.33. The topological polar surface area (TPSA) is 87.9 Å². The number of nitrogens with zero attached hydrogens (tertiary/aromatic N) is 2. The van der Waals surface area contributed by atoms with Crippen LogP contribution in [0.1, 0.15) is 68.8 Å². The zero-order chi connectivity index (χ0) is 31.5. The predicted molar refractivity (Wildman–Crippen MR) is 178 cm³/mol. The Morgan fingerprint density at radius 2 is 1.32 bits per heavy atom. The van der Waals surface area contributed by atoms with Crippen molar-refractivity contribution in [1.29, 1.82) is 0 Å². The lowest BCUT2D eigenvalue weighted by Crippen LogP contribution is -2.41. The first-order valence-electron chi connectivity index (χ1n) is 15.5. The minimum absolute atomic E-state index is 0.106. The van der Waals surface area contributed by atoms with Gasteiger partial charge in [0.05, 0.1) is 6.04 Å². The van der Waals surface area contributed by atoms with Gasteiger partial charge in [0.15, 0.2) is 0 Å². The van der Waals surface area contributed by atoms with Crippen molar-refractivity contribution in [2.24, 2.45) is 5.73 Å². The first-order valence-corrected chi connectivity index (χ1v) is 15.5. The fraction of sp³-hybridized carbons (Fsp3) is 0.351. The molecule has 3 N–H and O–H groups in total. The Kier molecular flexibility index (Phi) is 11.4. The largest absolute Gasteiger partial charge is 0.444 e. The lowest BCUT2D eigenvalue weighted by molar-refractivity contribution is 0.0216. The van der Waals surface area contributed by atoms with Crippen molar-refractivity contribution in [2.75, 3.05) is 13.1 Å². The zero-order valence-electron chi connectivity index (χ0n) is 26.5. The van der Waals surface area contributed by atoms with Gasteiger partial charge in [0.1, 0.15) is 5.60 Å². The van der Waals surface area contributed by atoms with Gasteiger partial charge in [0.25, 0.3) is 0 Å². The van der Waals surface area contributed by atoms with E-state index in [1.165, 1.54) is 0 Å². The van der Waals surface area contributed by atoms with Crippen LogP contribution in [-0.4, -0.2) is 40.6 Å². The normalized spacial score (nSPS) is 12.0. The Balaban J connectivity index is 1.45. The number of benzene rings is 4.